The Morgan fingerprint density at radius 3 is 2.86 bits per heavy atom. The molecule has 0 bridgehead atoms. The molecule has 4 rings (SSSR count). The maximum Gasteiger partial charge on any atom is 0.222 e. The highest BCUT2D eigenvalue weighted by molar-refractivity contribution is 5.68. The number of anilines is 1. The molecule has 1 saturated heterocycles. The fraction of sp³-hybridized carbons (Fsp3) is 0.450. The van der Waals surface area contributed by atoms with Crippen molar-refractivity contribution in [3.05, 3.63) is 36.2 Å². The highest BCUT2D eigenvalue weighted by atomic mass is 16.5. The fourth-order valence-corrected chi connectivity index (χ4v) is 3.47. The molecule has 1 atom stereocenters. The number of aromatic nitrogens is 4. The molecule has 0 aliphatic carbocycles. The van der Waals surface area contributed by atoms with Crippen molar-refractivity contribution in [2.75, 3.05) is 45.4 Å². The Hall–Kier alpha value is -2.71. The van der Waals surface area contributed by atoms with Crippen LogP contribution in [0, 0.1) is 6.92 Å². The van der Waals surface area contributed by atoms with E-state index in [2.05, 4.69) is 14.9 Å². The number of pyridine rings is 1. The summed E-state index contributed by atoms with van der Waals surface area (Å²) in [6.45, 7) is 4.91. The standard InChI is InChI=1S/C20H25N5O3/c1-14-4-5-16(20(22-14)27-3)17-12-21-18-6-7-19(23-25(17)18)24-9-8-15(13-24)28-11-10-26-2/h4-7,12,15H,8-11,13H2,1-3H3/t15-/m0/s1. The topological polar surface area (TPSA) is 74.0 Å². The molecule has 1 aliphatic heterocycles. The number of hydrogen-bond acceptors (Lipinski definition) is 7. The molecule has 0 unspecified atom stereocenters. The molecule has 0 spiro atoms. The van der Waals surface area contributed by atoms with Crippen molar-refractivity contribution in [1.82, 2.24) is 19.6 Å². The number of aryl methyl sites for hydroxylation is 1. The van der Waals surface area contributed by atoms with Crippen LogP contribution >= 0.6 is 0 Å². The smallest absolute Gasteiger partial charge is 0.222 e. The third-order valence-corrected chi connectivity index (χ3v) is 4.93. The first-order valence-electron chi connectivity index (χ1n) is 9.42. The van der Waals surface area contributed by atoms with Crippen LogP contribution in [0.25, 0.3) is 16.9 Å². The van der Waals surface area contributed by atoms with E-state index in [-0.39, 0.29) is 6.10 Å². The van der Waals surface area contributed by atoms with Crippen LogP contribution in [0.5, 0.6) is 5.88 Å². The Morgan fingerprint density at radius 2 is 2.04 bits per heavy atom. The predicted octanol–water partition coefficient (Wildman–Crippen LogP) is 2.35. The lowest BCUT2D eigenvalue weighted by Crippen LogP contribution is -2.25. The van der Waals surface area contributed by atoms with E-state index in [0.717, 1.165) is 47.9 Å². The van der Waals surface area contributed by atoms with E-state index in [4.69, 9.17) is 19.3 Å². The molecule has 0 amide bonds. The molecule has 0 N–H and O–H groups in total. The summed E-state index contributed by atoms with van der Waals surface area (Å²) in [5, 5.41) is 4.84. The molecular weight excluding hydrogens is 358 g/mol. The second-order valence-electron chi connectivity index (χ2n) is 6.83. The molecule has 148 valence electrons. The Labute approximate surface area is 164 Å². The van der Waals surface area contributed by atoms with Gasteiger partial charge in [-0.3, -0.25) is 0 Å². The zero-order valence-corrected chi connectivity index (χ0v) is 16.5. The van der Waals surface area contributed by atoms with E-state index in [9.17, 15) is 0 Å². The summed E-state index contributed by atoms with van der Waals surface area (Å²) in [5.74, 6) is 1.48. The monoisotopic (exact) mass is 383 g/mol. The van der Waals surface area contributed by atoms with Crippen LogP contribution in [0.3, 0.4) is 0 Å². The fourth-order valence-electron chi connectivity index (χ4n) is 3.47. The van der Waals surface area contributed by atoms with Crippen LogP contribution in [0.1, 0.15) is 12.1 Å². The van der Waals surface area contributed by atoms with Crippen molar-refractivity contribution in [2.24, 2.45) is 0 Å². The summed E-state index contributed by atoms with van der Waals surface area (Å²) >= 11 is 0. The van der Waals surface area contributed by atoms with Crippen molar-refractivity contribution < 1.29 is 14.2 Å². The second kappa shape index (κ2) is 8.12. The molecule has 3 aromatic heterocycles. The van der Waals surface area contributed by atoms with Crippen LogP contribution in [0.2, 0.25) is 0 Å². The van der Waals surface area contributed by atoms with Gasteiger partial charge < -0.3 is 19.1 Å². The van der Waals surface area contributed by atoms with Crippen LogP contribution in [0.15, 0.2) is 30.5 Å². The number of imidazole rings is 1. The molecule has 8 nitrogen and oxygen atoms in total. The minimum absolute atomic E-state index is 0.205. The number of fused-ring (bicyclic) bond motifs is 1. The highest BCUT2D eigenvalue weighted by Gasteiger charge is 2.25. The van der Waals surface area contributed by atoms with Gasteiger partial charge >= 0.3 is 0 Å². The average Bonchev–Trinajstić information content (AvgIpc) is 3.35. The highest BCUT2D eigenvalue weighted by Crippen LogP contribution is 2.29. The molecule has 0 saturated carbocycles. The van der Waals surface area contributed by atoms with Crippen LogP contribution in [-0.4, -0.2) is 66.2 Å². The molecular formula is C20H25N5O3. The van der Waals surface area contributed by atoms with Crippen molar-refractivity contribution in [3.8, 4) is 17.1 Å². The third-order valence-electron chi connectivity index (χ3n) is 4.93. The van der Waals surface area contributed by atoms with Gasteiger partial charge in [0.2, 0.25) is 5.88 Å². The summed E-state index contributed by atoms with van der Waals surface area (Å²) < 4.78 is 18.2. The molecule has 0 radical (unpaired) electrons. The lowest BCUT2D eigenvalue weighted by Gasteiger charge is -2.18. The lowest BCUT2D eigenvalue weighted by atomic mass is 10.2. The van der Waals surface area contributed by atoms with Crippen LogP contribution in [-0.2, 0) is 9.47 Å². The Balaban J connectivity index is 1.61. The van der Waals surface area contributed by atoms with E-state index >= 15 is 0 Å². The van der Waals surface area contributed by atoms with Gasteiger partial charge in [0.05, 0.1) is 43.9 Å². The van der Waals surface area contributed by atoms with E-state index in [0.29, 0.717) is 19.1 Å². The molecule has 4 heterocycles. The second-order valence-corrected chi connectivity index (χ2v) is 6.83. The molecule has 1 aliphatic rings. The quantitative estimate of drug-likeness (QED) is 0.580. The Bertz CT molecular complexity index is 958. The molecule has 0 aromatic carbocycles. The number of nitrogens with zero attached hydrogens (tertiary/aromatic N) is 5. The third kappa shape index (κ3) is 3.65. The minimum atomic E-state index is 0.205. The molecule has 8 heteroatoms. The normalized spacial score (nSPS) is 16.8. The average molecular weight is 383 g/mol. The van der Waals surface area contributed by atoms with Crippen molar-refractivity contribution in [2.45, 2.75) is 19.4 Å². The summed E-state index contributed by atoms with van der Waals surface area (Å²) in [7, 11) is 3.31. The van der Waals surface area contributed by atoms with Gasteiger partial charge in [-0.25, -0.2) is 14.5 Å². The Morgan fingerprint density at radius 1 is 1.14 bits per heavy atom. The number of hydrogen-bond donors (Lipinski definition) is 0. The van der Waals surface area contributed by atoms with Gasteiger partial charge in [0.1, 0.15) is 5.82 Å². The van der Waals surface area contributed by atoms with Gasteiger partial charge in [0.15, 0.2) is 5.65 Å². The molecule has 3 aromatic rings. The van der Waals surface area contributed by atoms with Gasteiger partial charge in [0.25, 0.3) is 0 Å². The van der Waals surface area contributed by atoms with Crippen LogP contribution < -0.4 is 9.64 Å². The summed E-state index contributed by atoms with van der Waals surface area (Å²) in [6.07, 6.45) is 2.99. The zero-order valence-electron chi connectivity index (χ0n) is 16.5. The molecule has 1 fully saturated rings. The van der Waals surface area contributed by atoms with E-state index in [1.165, 1.54) is 0 Å². The van der Waals surface area contributed by atoms with Crippen LogP contribution in [0.4, 0.5) is 5.82 Å². The predicted molar refractivity (Wildman–Crippen MR) is 106 cm³/mol. The Kier molecular flexibility index (Phi) is 5.40. The summed E-state index contributed by atoms with van der Waals surface area (Å²) in [5.41, 5.74) is 3.41. The van der Waals surface area contributed by atoms with Crippen molar-refractivity contribution in [3.63, 3.8) is 0 Å². The van der Waals surface area contributed by atoms with Gasteiger partial charge in [-0.2, -0.15) is 0 Å². The number of ether oxygens (including phenoxy) is 3. The van der Waals surface area contributed by atoms with E-state index in [1.807, 2.05) is 41.9 Å². The van der Waals surface area contributed by atoms with Gasteiger partial charge in [0, 0.05) is 25.9 Å². The summed E-state index contributed by atoms with van der Waals surface area (Å²) in [4.78, 5) is 11.2. The van der Waals surface area contributed by atoms with E-state index in [1.54, 1.807) is 14.2 Å². The molecule has 28 heavy (non-hydrogen) atoms. The van der Waals surface area contributed by atoms with Crippen molar-refractivity contribution in [1.29, 1.82) is 0 Å². The first-order valence-corrected chi connectivity index (χ1v) is 9.42. The van der Waals surface area contributed by atoms with Gasteiger partial charge in [-0.1, -0.05) is 0 Å². The minimum Gasteiger partial charge on any atom is -0.480 e. The largest absolute Gasteiger partial charge is 0.480 e. The first kappa shape index (κ1) is 18.6. The first-order chi connectivity index (χ1) is 13.7. The van der Waals surface area contributed by atoms with Crippen molar-refractivity contribution >= 4 is 11.5 Å². The summed E-state index contributed by atoms with van der Waals surface area (Å²) in [6, 6.07) is 7.95. The lowest BCUT2D eigenvalue weighted by molar-refractivity contribution is 0.0280. The maximum absolute atomic E-state index is 5.86. The maximum atomic E-state index is 5.86. The van der Waals surface area contributed by atoms with E-state index < -0.39 is 0 Å². The number of methoxy groups -OCH3 is 2. The van der Waals surface area contributed by atoms with Gasteiger partial charge in [-0.05, 0) is 37.6 Å². The van der Waals surface area contributed by atoms with Gasteiger partial charge in [-0.15, -0.1) is 5.10 Å². The zero-order chi connectivity index (χ0) is 19.5. The number of rotatable bonds is 7. The SMILES string of the molecule is COCCO[C@H]1CCN(c2ccc3ncc(-c4ccc(C)nc4OC)n3n2)C1.